The number of nitrogens with zero attached hydrogens (tertiary/aromatic N) is 2. The van der Waals surface area contributed by atoms with Crippen molar-refractivity contribution in [2.75, 3.05) is 7.11 Å². The van der Waals surface area contributed by atoms with Crippen molar-refractivity contribution in [2.45, 2.75) is 38.8 Å². The van der Waals surface area contributed by atoms with Gasteiger partial charge < -0.3 is 14.9 Å². The molecule has 1 aliphatic rings. The number of ether oxygens (including phenoxy) is 1. The highest BCUT2D eigenvalue weighted by Crippen LogP contribution is 2.20. The van der Waals surface area contributed by atoms with Crippen molar-refractivity contribution in [3.8, 4) is 5.75 Å². The summed E-state index contributed by atoms with van der Waals surface area (Å²) in [4.78, 5) is 22.1. The van der Waals surface area contributed by atoms with Crippen LogP contribution in [-0.4, -0.2) is 29.8 Å². The summed E-state index contributed by atoms with van der Waals surface area (Å²) in [5.41, 5.74) is 2.80. The van der Waals surface area contributed by atoms with E-state index in [1.54, 1.807) is 18.4 Å². The average molecular weight is 359 g/mol. The van der Waals surface area contributed by atoms with Crippen molar-refractivity contribution in [1.82, 2.24) is 10.3 Å². The van der Waals surface area contributed by atoms with Crippen LogP contribution in [0.1, 0.15) is 35.7 Å². The number of carbonyl (C=O) groups is 1. The SMILES string of the molecule is COc1cccc(CC2=NOC(C(=O)NC(C)c3csc(C)n3)C2)c1. The summed E-state index contributed by atoms with van der Waals surface area (Å²) in [5, 5.41) is 9.96. The zero-order valence-electron chi connectivity index (χ0n) is 14.5. The van der Waals surface area contributed by atoms with E-state index in [4.69, 9.17) is 9.57 Å². The number of aromatic nitrogens is 1. The number of hydrogen-bond acceptors (Lipinski definition) is 6. The van der Waals surface area contributed by atoms with Crippen LogP contribution in [0.25, 0.3) is 0 Å². The Morgan fingerprint density at radius 2 is 2.36 bits per heavy atom. The number of hydrogen-bond donors (Lipinski definition) is 1. The zero-order valence-corrected chi connectivity index (χ0v) is 15.3. The molecule has 0 radical (unpaired) electrons. The molecule has 7 heteroatoms. The van der Waals surface area contributed by atoms with Gasteiger partial charge in [0.05, 0.1) is 29.6 Å². The van der Waals surface area contributed by atoms with Crippen LogP contribution >= 0.6 is 11.3 Å². The lowest BCUT2D eigenvalue weighted by Crippen LogP contribution is -2.36. The summed E-state index contributed by atoms with van der Waals surface area (Å²) in [7, 11) is 1.64. The molecule has 6 nitrogen and oxygen atoms in total. The molecule has 0 fully saturated rings. The van der Waals surface area contributed by atoms with Crippen LogP contribution in [0.5, 0.6) is 5.75 Å². The van der Waals surface area contributed by atoms with Gasteiger partial charge in [0.15, 0.2) is 0 Å². The fourth-order valence-electron chi connectivity index (χ4n) is 2.65. The topological polar surface area (TPSA) is 72.8 Å². The molecule has 25 heavy (non-hydrogen) atoms. The second-order valence-electron chi connectivity index (χ2n) is 6.01. The maximum absolute atomic E-state index is 12.4. The van der Waals surface area contributed by atoms with E-state index in [0.29, 0.717) is 12.8 Å². The Hall–Kier alpha value is -2.41. The predicted octanol–water partition coefficient (Wildman–Crippen LogP) is 3.02. The Balaban J connectivity index is 1.53. The summed E-state index contributed by atoms with van der Waals surface area (Å²) in [6, 6.07) is 7.65. The van der Waals surface area contributed by atoms with E-state index in [1.807, 2.05) is 43.5 Å². The second-order valence-corrected chi connectivity index (χ2v) is 7.07. The third kappa shape index (κ3) is 4.36. The van der Waals surface area contributed by atoms with Gasteiger partial charge in [0.25, 0.3) is 5.91 Å². The largest absolute Gasteiger partial charge is 0.497 e. The van der Waals surface area contributed by atoms with Crippen molar-refractivity contribution in [1.29, 1.82) is 0 Å². The van der Waals surface area contributed by atoms with Gasteiger partial charge in [-0.05, 0) is 31.5 Å². The fraction of sp³-hybridized carbons (Fsp3) is 0.389. The van der Waals surface area contributed by atoms with E-state index in [1.165, 1.54) is 0 Å². The van der Waals surface area contributed by atoms with Crippen LogP contribution < -0.4 is 10.1 Å². The first-order valence-electron chi connectivity index (χ1n) is 8.12. The molecule has 0 bridgehead atoms. The summed E-state index contributed by atoms with van der Waals surface area (Å²) < 4.78 is 5.23. The Labute approximate surface area is 150 Å². The lowest BCUT2D eigenvalue weighted by Gasteiger charge is -2.14. The summed E-state index contributed by atoms with van der Waals surface area (Å²) in [6.45, 7) is 3.86. The summed E-state index contributed by atoms with van der Waals surface area (Å²) in [6.07, 6.45) is 0.552. The second kappa shape index (κ2) is 7.65. The van der Waals surface area contributed by atoms with E-state index >= 15 is 0 Å². The van der Waals surface area contributed by atoms with E-state index in [2.05, 4.69) is 15.5 Å². The normalized spacial score (nSPS) is 17.6. The van der Waals surface area contributed by atoms with E-state index < -0.39 is 6.10 Å². The lowest BCUT2D eigenvalue weighted by atomic mass is 10.0. The van der Waals surface area contributed by atoms with Crippen molar-refractivity contribution in [3.63, 3.8) is 0 Å². The minimum Gasteiger partial charge on any atom is -0.497 e. The number of rotatable bonds is 6. The van der Waals surface area contributed by atoms with E-state index in [0.717, 1.165) is 27.7 Å². The molecule has 1 aromatic heterocycles. The summed E-state index contributed by atoms with van der Waals surface area (Å²) >= 11 is 1.57. The van der Waals surface area contributed by atoms with Gasteiger partial charge >= 0.3 is 0 Å². The molecule has 0 saturated heterocycles. The lowest BCUT2D eigenvalue weighted by molar-refractivity contribution is -0.131. The first-order chi connectivity index (χ1) is 12.0. The number of carbonyl (C=O) groups excluding carboxylic acids is 1. The molecule has 132 valence electrons. The van der Waals surface area contributed by atoms with Crippen molar-refractivity contribution >= 4 is 23.0 Å². The molecule has 2 unspecified atom stereocenters. The third-order valence-corrected chi connectivity index (χ3v) is 4.80. The van der Waals surface area contributed by atoms with Crippen LogP contribution in [0.4, 0.5) is 0 Å². The van der Waals surface area contributed by atoms with E-state index in [9.17, 15) is 4.79 Å². The Bertz CT molecular complexity index is 787. The van der Waals surface area contributed by atoms with Crippen LogP contribution in [0.2, 0.25) is 0 Å². The highest BCUT2D eigenvalue weighted by molar-refractivity contribution is 7.09. The zero-order chi connectivity index (χ0) is 17.8. The van der Waals surface area contributed by atoms with Crippen LogP contribution in [0.3, 0.4) is 0 Å². The Morgan fingerprint density at radius 1 is 1.52 bits per heavy atom. The molecule has 2 aromatic rings. The van der Waals surface area contributed by atoms with Gasteiger partial charge in [-0.3, -0.25) is 4.79 Å². The number of thiazole rings is 1. The number of oxime groups is 1. The van der Waals surface area contributed by atoms with Gasteiger partial charge in [-0.25, -0.2) is 4.98 Å². The Morgan fingerprint density at radius 3 is 3.08 bits per heavy atom. The van der Waals surface area contributed by atoms with Crippen molar-refractivity contribution in [3.05, 3.63) is 45.9 Å². The predicted molar refractivity (Wildman–Crippen MR) is 97.0 cm³/mol. The standard InChI is InChI=1S/C18H21N3O3S/c1-11(16-10-25-12(2)20-16)19-18(22)17-9-14(21-24-17)7-13-5-4-6-15(8-13)23-3/h4-6,8,10-11,17H,7,9H2,1-3H3,(H,19,22). The van der Waals surface area contributed by atoms with Gasteiger partial charge in [-0.15, -0.1) is 11.3 Å². The van der Waals surface area contributed by atoms with Gasteiger partial charge in [-0.1, -0.05) is 17.3 Å². The van der Waals surface area contributed by atoms with Crippen molar-refractivity contribution < 1.29 is 14.4 Å². The molecule has 0 saturated carbocycles. The maximum Gasteiger partial charge on any atom is 0.264 e. The van der Waals surface area contributed by atoms with Gasteiger partial charge in [-0.2, -0.15) is 0 Å². The fourth-order valence-corrected chi connectivity index (χ4v) is 3.36. The van der Waals surface area contributed by atoms with Crippen LogP contribution in [0, 0.1) is 6.92 Å². The molecule has 2 atom stereocenters. The Kier molecular flexibility index (Phi) is 5.33. The number of nitrogens with one attached hydrogen (secondary N) is 1. The minimum absolute atomic E-state index is 0.150. The van der Waals surface area contributed by atoms with Gasteiger partial charge in [0, 0.05) is 18.2 Å². The monoisotopic (exact) mass is 359 g/mol. The number of benzene rings is 1. The molecule has 1 aromatic carbocycles. The molecular weight excluding hydrogens is 338 g/mol. The highest BCUT2D eigenvalue weighted by Gasteiger charge is 2.29. The molecule has 1 N–H and O–H groups in total. The average Bonchev–Trinajstić information content (AvgIpc) is 3.24. The van der Waals surface area contributed by atoms with E-state index in [-0.39, 0.29) is 11.9 Å². The first-order valence-corrected chi connectivity index (χ1v) is 9.00. The summed E-state index contributed by atoms with van der Waals surface area (Å²) in [5.74, 6) is 0.640. The minimum atomic E-state index is -0.581. The quantitative estimate of drug-likeness (QED) is 0.860. The first kappa shape index (κ1) is 17.4. The molecule has 3 rings (SSSR count). The molecule has 2 heterocycles. The smallest absolute Gasteiger partial charge is 0.264 e. The maximum atomic E-state index is 12.4. The molecule has 0 aliphatic carbocycles. The van der Waals surface area contributed by atoms with Crippen LogP contribution in [-0.2, 0) is 16.1 Å². The molecular formula is C18H21N3O3S. The number of aryl methyl sites for hydroxylation is 1. The third-order valence-electron chi connectivity index (χ3n) is 4.00. The van der Waals surface area contributed by atoms with Gasteiger partial charge in [0.1, 0.15) is 5.75 Å². The number of methoxy groups -OCH3 is 1. The van der Waals surface area contributed by atoms with Crippen molar-refractivity contribution in [2.24, 2.45) is 5.16 Å². The van der Waals surface area contributed by atoms with Gasteiger partial charge in [0.2, 0.25) is 6.10 Å². The van der Waals surface area contributed by atoms with Crippen LogP contribution in [0.15, 0.2) is 34.8 Å². The molecule has 1 aliphatic heterocycles. The molecule has 1 amide bonds. The molecule has 0 spiro atoms. The highest BCUT2D eigenvalue weighted by atomic mass is 32.1. The number of amides is 1.